The summed E-state index contributed by atoms with van der Waals surface area (Å²) < 4.78 is 0. The van der Waals surface area contributed by atoms with Gasteiger partial charge in [-0.1, -0.05) is 99.3 Å². The molecule has 2 atom stereocenters. The molecule has 0 heterocycles. The minimum Gasteiger partial charge on any atom is -0.507 e. The summed E-state index contributed by atoms with van der Waals surface area (Å²) in [6.07, 6.45) is 15.5. The highest BCUT2D eigenvalue weighted by Crippen LogP contribution is 2.37. The maximum absolute atomic E-state index is 12.8. The smallest absolute Gasteiger partial charge is 0.167 e. The summed E-state index contributed by atoms with van der Waals surface area (Å²) in [5.41, 5.74) is 2.33. The second kappa shape index (κ2) is 15.7. The first kappa shape index (κ1) is 32.5. The van der Waals surface area contributed by atoms with Gasteiger partial charge in [-0.25, -0.2) is 0 Å². The fourth-order valence-electron chi connectivity index (χ4n) is 5.51. The number of hydrogen-bond acceptors (Lipinski definition) is 3. The molecule has 0 radical (unpaired) electrons. The van der Waals surface area contributed by atoms with E-state index in [4.69, 9.17) is 0 Å². The first-order valence-corrected chi connectivity index (χ1v) is 14.8. The van der Waals surface area contributed by atoms with Gasteiger partial charge in [-0.3, -0.25) is 4.79 Å². The zero-order chi connectivity index (χ0) is 27.5. The number of phenols is 2. The lowest BCUT2D eigenvalue weighted by Crippen LogP contribution is -2.12. The highest BCUT2D eigenvalue weighted by molar-refractivity contribution is 6.01. The maximum atomic E-state index is 12.8. The Labute approximate surface area is 223 Å². The molecule has 208 valence electrons. The molecule has 1 aromatic carbocycles. The summed E-state index contributed by atoms with van der Waals surface area (Å²) in [7, 11) is 0. The molecular formula is C33H58O3. The van der Waals surface area contributed by atoms with E-state index in [9.17, 15) is 15.0 Å². The van der Waals surface area contributed by atoms with Crippen LogP contribution in [0.4, 0.5) is 0 Å². The van der Waals surface area contributed by atoms with Crippen LogP contribution >= 0.6 is 0 Å². The number of benzene rings is 1. The molecule has 0 aromatic heterocycles. The Bertz CT molecular complexity index is 777. The Morgan fingerprint density at radius 1 is 0.667 bits per heavy atom. The molecule has 36 heavy (non-hydrogen) atoms. The van der Waals surface area contributed by atoms with Gasteiger partial charge in [-0.05, 0) is 74.3 Å². The highest BCUT2D eigenvalue weighted by atomic mass is 16.3. The molecule has 1 rings (SSSR count). The molecule has 0 aliphatic carbocycles. The summed E-state index contributed by atoms with van der Waals surface area (Å²) in [5, 5.41) is 20.8. The summed E-state index contributed by atoms with van der Waals surface area (Å²) >= 11 is 0. The number of ketones is 1. The number of Topliss-reactive ketones (excluding diaryl/α,β-unsaturated/α-hetero) is 1. The number of carbonyl (C=O) groups excluding carboxylic acids is 1. The van der Waals surface area contributed by atoms with E-state index in [-0.39, 0.29) is 17.3 Å². The minimum atomic E-state index is -0.0655. The van der Waals surface area contributed by atoms with Crippen molar-refractivity contribution in [1.82, 2.24) is 0 Å². The summed E-state index contributed by atoms with van der Waals surface area (Å²) in [4.78, 5) is 12.8. The molecule has 0 bridgehead atoms. The van der Waals surface area contributed by atoms with Gasteiger partial charge in [0.15, 0.2) is 5.78 Å². The SMILES string of the molecule is Cc1c(C)c(O)c(C(=O)CCCCC(C)(C)CCCC(C)CCCC(C)CCCC(C)C)c(C)c1O. The summed E-state index contributed by atoms with van der Waals surface area (Å²) in [5.74, 6) is 2.61. The van der Waals surface area contributed by atoms with Crippen molar-refractivity contribution in [2.75, 3.05) is 0 Å². The van der Waals surface area contributed by atoms with Gasteiger partial charge in [0.2, 0.25) is 0 Å². The summed E-state index contributed by atoms with van der Waals surface area (Å²) in [6, 6.07) is 0. The van der Waals surface area contributed by atoms with Crippen molar-refractivity contribution in [3.05, 3.63) is 22.3 Å². The van der Waals surface area contributed by atoms with E-state index < -0.39 is 0 Å². The van der Waals surface area contributed by atoms with Crippen molar-refractivity contribution in [2.24, 2.45) is 23.2 Å². The van der Waals surface area contributed by atoms with Gasteiger partial charge in [0, 0.05) is 12.0 Å². The fourth-order valence-corrected chi connectivity index (χ4v) is 5.51. The van der Waals surface area contributed by atoms with E-state index in [1.807, 2.05) is 0 Å². The van der Waals surface area contributed by atoms with Gasteiger partial charge in [-0.2, -0.15) is 0 Å². The Morgan fingerprint density at radius 2 is 1.14 bits per heavy atom. The molecule has 0 saturated heterocycles. The zero-order valence-electron chi connectivity index (χ0n) is 25.2. The molecule has 0 fully saturated rings. The van der Waals surface area contributed by atoms with Crippen LogP contribution in [0.2, 0.25) is 0 Å². The quantitative estimate of drug-likeness (QED) is 0.119. The third kappa shape index (κ3) is 11.3. The second-order valence-electron chi connectivity index (χ2n) is 13.1. The van der Waals surface area contributed by atoms with E-state index in [0.717, 1.165) is 37.0 Å². The molecule has 3 nitrogen and oxygen atoms in total. The zero-order valence-corrected chi connectivity index (χ0v) is 25.2. The molecule has 0 spiro atoms. The van der Waals surface area contributed by atoms with Crippen LogP contribution in [-0.4, -0.2) is 16.0 Å². The molecular weight excluding hydrogens is 444 g/mol. The van der Waals surface area contributed by atoms with Crippen LogP contribution in [0.5, 0.6) is 11.5 Å². The van der Waals surface area contributed by atoms with Crippen LogP contribution in [-0.2, 0) is 0 Å². The van der Waals surface area contributed by atoms with E-state index in [1.54, 1.807) is 20.8 Å². The number of phenolic OH excluding ortho intramolecular Hbond substituents is 2. The second-order valence-corrected chi connectivity index (χ2v) is 13.1. The number of aromatic hydroxyl groups is 2. The monoisotopic (exact) mass is 502 g/mol. The van der Waals surface area contributed by atoms with E-state index in [2.05, 4.69) is 41.5 Å². The Morgan fingerprint density at radius 3 is 1.69 bits per heavy atom. The third-order valence-electron chi connectivity index (χ3n) is 8.45. The number of carbonyl (C=O) groups is 1. The first-order chi connectivity index (χ1) is 16.8. The number of hydrogen-bond donors (Lipinski definition) is 2. The van der Waals surface area contributed by atoms with Crippen LogP contribution in [0.25, 0.3) is 0 Å². The average Bonchev–Trinajstić information content (AvgIpc) is 2.79. The molecule has 0 aliphatic heterocycles. The number of unbranched alkanes of at least 4 members (excludes halogenated alkanes) is 1. The maximum Gasteiger partial charge on any atom is 0.167 e. The van der Waals surface area contributed by atoms with Gasteiger partial charge in [0.1, 0.15) is 11.5 Å². The van der Waals surface area contributed by atoms with Gasteiger partial charge >= 0.3 is 0 Å². The van der Waals surface area contributed by atoms with Crippen LogP contribution in [0.15, 0.2) is 0 Å². The first-order valence-electron chi connectivity index (χ1n) is 14.8. The van der Waals surface area contributed by atoms with Gasteiger partial charge in [-0.15, -0.1) is 0 Å². The van der Waals surface area contributed by atoms with Crippen molar-refractivity contribution in [3.63, 3.8) is 0 Å². The predicted molar refractivity (Wildman–Crippen MR) is 155 cm³/mol. The Kier molecular flexibility index (Phi) is 14.2. The van der Waals surface area contributed by atoms with Gasteiger partial charge in [0.25, 0.3) is 0 Å². The van der Waals surface area contributed by atoms with Crippen LogP contribution < -0.4 is 0 Å². The van der Waals surface area contributed by atoms with Gasteiger partial charge in [0.05, 0.1) is 5.56 Å². The fraction of sp³-hybridized carbons (Fsp3) is 0.788. The van der Waals surface area contributed by atoms with Crippen molar-refractivity contribution < 1.29 is 15.0 Å². The predicted octanol–water partition coefficient (Wildman–Crippen LogP) is 10.2. The normalized spacial score (nSPS) is 13.8. The lowest BCUT2D eigenvalue weighted by atomic mass is 9.80. The van der Waals surface area contributed by atoms with Crippen LogP contribution in [0.3, 0.4) is 0 Å². The topological polar surface area (TPSA) is 57.5 Å². The average molecular weight is 503 g/mol. The van der Waals surface area contributed by atoms with E-state index in [0.29, 0.717) is 34.1 Å². The molecule has 0 saturated carbocycles. The molecule has 2 unspecified atom stereocenters. The van der Waals surface area contributed by atoms with Crippen molar-refractivity contribution in [1.29, 1.82) is 0 Å². The van der Waals surface area contributed by atoms with E-state index >= 15 is 0 Å². The Balaban J connectivity index is 2.29. The lowest BCUT2D eigenvalue weighted by Gasteiger charge is -2.25. The molecule has 3 heteroatoms. The van der Waals surface area contributed by atoms with Gasteiger partial charge < -0.3 is 10.2 Å². The standard InChI is InChI=1S/C33H58O3/c1-23(2)15-12-16-24(3)17-13-18-25(4)19-14-22-33(8,9)21-11-10-20-29(34)30-28(7)31(35)26(5)27(6)32(30)36/h23-25,35-36H,10-22H2,1-9H3. The van der Waals surface area contributed by atoms with Crippen LogP contribution in [0, 0.1) is 43.9 Å². The number of rotatable bonds is 18. The minimum absolute atomic E-state index is 0.0304. The van der Waals surface area contributed by atoms with Crippen molar-refractivity contribution >= 4 is 5.78 Å². The van der Waals surface area contributed by atoms with Crippen molar-refractivity contribution in [3.8, 4) is 11.5 Å². The molecule has 1 aromatic rings. The highest BCUT2D eigenvalue weighted by Gasteiger charge is 2.22. The summed E-state index contributed by atoms with van der Waals surface area (Å²) in [6.45, 7) is 19.4. The lowest BCUT2D eigenvalue weighted by molar-refractivity contribution is 0.0973. The molecule has 2 N–H and O–H groups in total. The van der Waals surface area contributed by atoms with Crippen LogP contribution in [0.1, 0.15) is 152 Å². The Hall–Kier alpha value is -1.51. The third-order valence-corrected chi connectivity index (χ3v) is 8.45. The molecule has 0 aliphatic rings. The molecule has 0 amide bonds. The van der Waals surface area contributed by atoms with E-state index in [1.165, 1.54) is 57.8 Å². The largest absolute Gasteiger partial charge is 0.507 e. The van der Waals surface area contributed by atoms with Crippen molar-refractivity contribution in [2.45, 2.75) is 146 Å².